The minimum Gasteiger partial charge on any atom is -0.508 e. The second-order valence-electron chi connectivity index (χ2n) is 3.90. The van der Waals surface area contributed by atoms with Crippen LogP contribution in [0.3, 0.4) is 0 Å². The monoisotopic (exact) mass is 284 g/mol. The lowest BCUT2D eigenvalue weighted by atomic mass is 10.2. The number of hydrogen-bond acceptors (Lipinski definition) is 2. The molecule has 5 heteroatoms. The molecule has 0 fully saturated rings. The fourth-order valence-corrected chi connectivity index (χ4v) is 0.628. The molecule has 2 N–H and O–H groups in total. The van der Waals surface area contributed by atoms with Crippen molar-refractivity contribution in [3.63, 3.8) is 0 Å². The van der Waals surface area contributed by atoms with E-state index in [1.165, 1.54) is 13.8 Å². The summed E-state index contributed by atoms with van der Waals surface area (Å²) < 4.78 is -1.59. The fourth-order valence-electron chi connectivity index (χ4n) is 0.628. The smallest absolute Gasteiger partial charge is 0.218 e. The van der Waals surface area contributed by atoms with Gasteiger partial charge < -0.3 is 10.2 Å². The molecule has 1 rings (SSSR count). The van der Waals surface area contributed by atoms with Gasteiger partial charge in [0.2, 0.25) is 3.79 Å². The molecule has 0 aliphatic rings. The van der Waals surface area contributed by atoms with E-state index in [-0.39, 0.29) is 0 Å². The molecule has 0 bridgehead atoms. The molecule has 0 aliphatic heterocycles. The van der Waals surface area contributed by atoms with Crippen molar-refractivity contribution >= 4 is 34.8 Å². The fraction of sp³-hybridized carbons (Fsp3) is 0.455. The molecular weight excluding hydrogens is 270 g/mol. The number of benzene rings is 1. The number of aliphatic hydroxyl groups is 1. The number of halogens is 3. The van der Waals surface area contributed by atoms with Gasteiger partial charge in [0, 0.05) is 0 Å². The highest BCUT2D eigenvalue weighted by molar-refractivity contribution is 6.68. The molecule has 0 unspecified atom stereocenters. The van der Waals surface area contributed by atoms with E-state index in [9.17, 15) is 0 Å². The van der Waals surface area contributed by atoms with Gasteiger partial charge in [-0.05, 0) is 38.5 Å². The first-order valence-corrected chi connectivity index (χ1v) is 5.72. The van der Waals surface area contributed by atoms with Crippen LogP contribution in [0, 0.1) is 6.92 Å². The molecule has 1 aromatic rings. The highest BCUT2D eigenvalue weighted by atomic mass is 35.6. The van der Waals surface area contributed by atoms with Gasteiger partial charge in [-0.3, -0.25) is 0 Å². The third-order valence-electron chi connectivity index (χ3n) is 1.70. The maximum absolute atomic E-state index is 8.96. The van der Waals surface area contributed by atoms with Crippen LogP contribution in [0.1, 0.15) is 19.4 Å². The van der Waals surface area contributed by atoms with Crippen molar-refractivity contribution in [3.05, 3.63) is 29.8 Å². The largest absolute Gasteiger partial charge is 0.508 e. The summed E-state index contributed by atoms with van der Waals surface area (Å²) in [5.74, 6) is 0.338. The van der Waals surface area contributed by atoms with E-state index in [1.54, 1.807) is 12.1 Å². The molecule has 0 amide bonds. The number of hydrogen-bond donors (Lipinski definition) is 2. The number of phenols is 1. The Hall–Kier alpha value is -0.150. The number of rotatable bonds is 0. The Bertz CT molecular complexity index is 297. The Morgan fingerprint density at radius 3 is 1.75 bits per heavy atom. The number of alkyl halides is 3. The summed E-state index contributed by atoms with van der Waals surface area (Å²) >= 11 is 15.9. The predicted molar refractivity (Wildman–Crippen MR) is 69.4 cm³/mol. The van der Waals surface area contributed by atoms with Crippen molar-refractivity contribution in [2.24, 2.45) is 0 Å². The molecule has 0 aliphatic carbocycles. The summed E-state index contributed by atoms with van der Waals surface area (Å²) in [5, 5.41) is 17.8. The molecule has 1 aromatic carbocycles. The van der Waals surface area contributed by atoms with Crippen molar-refractivity contribution in [1.82, 2.24) is 0 Å². The van der Waals surface area contributed by atoms with Crippen molar-refractivity contribution in [3.8, 4) is 5.75 Å². The Morgan fingerprint density at radius 1 is 1.12 bits per heavy atom. The standard InChI is InChI=1S/C7H8O.C4H7Cl3O/c1-6-3-2-4-7(8)5-6;1-3(2,8)4(5,6)7/h2-5,8H,1H3;8H,1-2H3. The van der Waals surface area contributed by atoms with E-state index >= 15 is 0 Å². The van der Waals surface area contributed by atoms with Crippen LogP contribution >= 0.6 is 34.8 Å². The lowest BCUT2D eigenvalue weighted by Crippen LogP contribution is -2.35. The summed E-state index contributed by atoms with van der Waals surface area (Å²) in [7, 11) is 0. The number of phenolic OH excluding ortho intramolecular Hbond substituents is 1. The maximum Gasteiger partial charge on any atom is 0.218 e. The summed E-state index contributed by atoms with van der Waals surface area (Å²) in [5.41, 5.74) is -0.178. The van der Waals surface area contributed by atoms with Gasteiger partial charge in [-0.25, -0.2) is 0 Å². The highest BCUT2D eigenvalue weighted by Gasteiger charge is 2.38. The molecule has 0 atom stereocenters. The SMILES string of the molecule is CC(C)(O)C(Cl)(Cl)Cl.Cc1cccc(O)c1. The Kier molecular flexibility index (Phi) is 5.91. The molecule has 2 nitrogen and oxygen atoms in total. The molecular formula is C11H15Cl3O2. The lowest BCUT2D eigenvalue weighted by Gasteiger charge is -2.25. The minimum absolute atomic E-state index is 0.338. The normalized spacial score (nSPS) is 11.7. The Balaban J connectivity index is 0.000000281. The van der Waals surface area contributed by atoms with Gasteiger partial charge in [0.1, 0.15) is 11.4 Å². The number of aromatic hydroxyl groups is 1. The van der Waals surface area contributed by atoms with Crippen LogP contribution in [0.15, 0.2) is 24.3 Å². The van der Waals surface area contributed by atoms with E-state index in [0.29, 0.717) is 5.75 Å². The van der Waals surface area contributed by atoms with E-state index in [4.69, 9.17) is 45.0 Å². The third-order valence-corrected chi connectivity index (χ3v) is 3.08. The molecule has 0 radical (unpaired) electrons. The van der Waals surface area contributed by atoms with Crippen LogP contribution in [0.4, 0.5) is 0 Å². The Morgan fingerprint density at radius 2 is 1.56 bits per heavy atom. The Labute approximate surface area is 111 Å². The first-order valence-electron chi connectivity index (χ1n) is 4.59. The molecule has 0 saturated carbocycles. The van der Waals surface area contributed by atoms with Gasteiger partial charge in [-0.2, -0.15) is 0 Å². The van der Waals surface area contributed by atoms with Gasteiger partial charge in [-0.1, -0.05) is 46.9 Å². The quantitative estimate of drug-likeness (QED) is 0.711. The van der Waals surface area contributed by atoms with Crippen LogP contribution in [0.5, 0.6) is 5.75 Å². The maximum atomic E-state index is 8.96. The summed E-state index contributed by atoms with van der Waals surface area (Å²) in [6, 6.07) is 7.15. The van der Waals surface area contributed by atoms with Crippen LogP contribution < -0.4 is 0 Å². The summed E-state index contributed by atoms with van der Waals surface area (Å²) in [4.78, 5) is 0. The molecule has 92 valence electrons. The zero-order valence-corrected chi connectivity index (χ0v) is 11.6. The average molecular weight is 286 g/mol. The minimum atomic E-state index is -1.59. The van der Waals surface area contributed by atoms with E-state index in [2.05, 4.69) is 0 Å². The third kappa shape index (κ3) is 6.44. The van der Waals surface area contributed by atoms with Crippen molar-refractivity contribution in [2.45, 2.75) is 30.2 Å². The molecule has 0 saturated heterocycles. The van der Waals surface area contributed by atoms with E-state index in [0.717, 1.165) is 5.56 Å². The van der Waals surface area contributed by atoms with Crippen molar-refractivity contribution in [2.75, 3.05) is 0 Å². The van der Waals surface area contributed by atoms with Gasteiger partial charge in [0.25, 0.3) is 0 Å². The first-order chi connectivity index (χ1) is 7.04. The zero-order valence-electron chi connectivity index (χ0n) is 9.34. The van der Waals surface area contributed by atoms with Crippen LogP contribution in [0.2, 0.25) is 0 Å². The van der Waals surface area contributed by atoms with Crippen LogP contribution in [-0.4, -0.2) is 19.6 Å². The van der Waals surface area contributed by atoms with Crippen molar-refractivity contribution < 1.29 is 10.2 Å². The summed E-state index contributed by atoms with van der Waals surface area (Å²) in [6.07, 6.45) is 0. The average Bonchev–Trinajstić information content (AvgIpc) is 2.00. The highest BCUT2D eigenvalue weighted by Crippen LogP contribution is 2.37. The molecule has 16 heavy (non-hydrogen) atoms. The van der Waals surface area contributed by atoms with Gasteiger partial charge in [-0.15, -0.1) is 0 Å². The molecule has 0 spiro atoms. The second kappa shape index (κ2) is 5.97. The zero-order chi connectivity index (χ0) is 13.0. The van der Waals surface area contributed by atoms with Crippen LogP contribution in [0.25, 0.3) is 0 Å². The van der Waals surface area contributed by atoms with Gasteiger partial charge in [0.05, 0.1) is 0 Å². The molecule has 0 aromatic heterocycles. The van der Waals surface area contributed by atoms with Gasteiger partial charge >= 0.3 is 0 Å². The van der Waals surface area contributed by atoms with E-state index in [1.807, 2.05) is 19.1 Å². The van der Waals surface area contributed by atoms with Crippen LogP contribution in [-0.2, 0) is 0 Å². The number of aryl methyl sites for hydroxylation is 1. The van der Waals surface area contributed by atoms with Gasteiger partial charge in [0.15, 0.2) is 0 Å². The van der Waals surface area contributed by atoms with E-state index < -0.39 is 9.39 Å². The summed E-state index contributed by atoms with van der Waals surface area (Å²) in [6.45, 7) is 4.81. The first kappa shape index (κ1) is 15.9. The lowest BCUT2D eigenvalue weighted by molar-refractivity contribution is 0.0847. The molecule has 0 heterocycles. The second-order valence-corrected chi connectivity index (χ2v) is 6.18. The topological polar surface area (TPSA) is 40.5 Å². The predicted octanol–water partition coefficient (Wildman–Crippen LogP) is 3.83. The van der Waals surface area contributed by atoms with Crippen molar-refractivity contribution in [1.29, 1.82) is 0 Å².